The summed E-state index contributed by atoms with van der Waals surface area (Å²) in [4.78, 5) is 9.59. The first-order chi connectivity index (χ1) is 2.77. The van der Waals surface area contributed by atoms with Crippen molar-refractivity contribution in [1.82, 2.24) is 3.53 Å². The molecule has 0 aromatic heterocycles. The smallest absolute Gasteiger partial charge is 0.157 e. The third-order valence-corrected chi connectivity index (χ3v) is 1.02. The van der Waals surface area contributed by atoms with Crippen LogP contribution in [0.25, 0.3) is 5.73 Å². The number of rotatable bonds is 1. The molecule has 2 N–H and O–H groups in total. The minimum atomic E-state index is -0.724. The Bertz CT molecular complexity index is 76.1. The number of hydrogen-bond donors (Lipinski definition) is 1. The molecule has 0 aliphatic rings. The molecule has 0 aliphatic carbocycles. The normalized spacial score (nSPS) is 6.29. The van der Waals surface area contributed by atoms with Crippen molar-refractivity contribution in [1.29, 1.82) is 0 Å². The average Bonchev–Trinajstić information content (AvgIpc) is 1.35. The van der Waals surface area contributed by atoms with Crippen LogP contribution < -0.4 is 3.53 Å². The zero-order valence-corrected chi connectivity index (χ0v) is 8.24. The van der Waals surface area contributed by atoms with Crippen molar-refractivity contribution in [3.63, 3.8) is 0 Å². The van der Waals surface area contributed by atoms with Crippen LogP contribution in [-0.4, -0.2) is 10.5 Å². The van der Waals surface area contributed by atoms with Gasteiger partial charge in [0.15, 0.2) is 6.03 Å². The van der Waals surface area contributed by atoms with Crippen molar-refractivity contribution in [2.24, 2.45) is 0 Å². The van der Waals surface area contributed by atoms with Gasteiger partial charge in [-0.3, -0.25) is 4.79 Å². The van der Waals surface area contributed by atoms with Crippen molar-refractivity contribution < 1.29 is 25.2 Å². The fourth-order valence-electron chi connectivity index (χ4n) is 0.0607. The van der Waals surface area contributed by atoms with E-state index < -0.39 is 27.0 Å². The molecule has 0 aromatic rings. The van der Waals surface area contributed by atoms with Crippen LogP contribution in [0, 0.1) is 0 Å². The predicted molar refractivity (Wildman–Crippen MR) is 34.0 cm³/mol. The molecule has 3 nitrogen and oxygen atoms in total. The molecule has 0 aromatic carbocycles. The van der Waals surface area contributed by atoms with Crippen molar-refractivity contribution in [3.05, 3.63) is 5.73 Å². The second-order valence-corrected chi connectivity index (χ2v) is 1.86. The summed E-state index contributed by atoms with van der Waals surface area (Å²) in [6.07, 6.45) is 0. The zero-order valence-electron chi connectivity index (χ0n) is 3.37. The monoisotopic (exact) mass is 386 g/mol. The molecule has 0 aliphatic heterocycles. The average molecular weight is 385 g/mol. The molecule has 0 saturated carbocycles. The van der Waals surface area contributed by atoms with E-state index in [0.29, 0.717) is 0 Å². The maximum absolute atomic E-state index is 9.59. The molecule has 0 fully saturated rings. The second kappa shape index (κ2) is 6.53. The summed E-state index contributed by atoms with van der Waals surface area (Å²) in [5.41, 5.74) is 6.22. The number of carbonyl (C=O) groups excluding carboxylic acids is 1. The van der Waals surface area contributed by atoms with E-state index in [9.17, 15) is 4.79 Å². The van der Waals surface area contributed by atoms with E-state index in [1.807, 2.05) is 0 Å². The van der Waals surface area contributed by atoms with Gasteiger partial charge in [0.25, 0.3) is 0 Å². The van der Waals surface area contributed by atoms with Crippen molar-refractivity contribution in [2.75, 3.05) is 0 Å². The molecule has 43 valence electrons. The number of nitrogens with one attached hydrogen (secondary N) is 2. The Labute approximate surface area is 65.8 Å². The second-order valence-electron chi connectivity index (χ2n) is 0.557. The van der Waals surface area contributed by atoms with Crippen molar-refractivity contribution in [3.8, 4) is 0 Å². The third kappa shape index (κ3) is 10.8. The van der Waals surface area contributed by atoms with E-state index in [4.69, 9.17) is 5.73 Å². The topological polar surface area (TPSA) is 52.9 Å². The SMILES string of the molecule is C=INC([NH-])=O.[Re]. The van der Waals surface area contributed by atoms with Crippen LogP contribution in [0.2, 0.25) is 0 Å². The first kappa shape index (κ1) is 10.5. The van der Waals surface area contributed by atoms with E-state index in [1.54, 1.807) is 0 Å². The minimum Gasteiger partial charge on any atom is -0.447 e. The van der Waals surface area contributed by atoms with Gasteiger partial charge in [-0.2, -0.15) is 0 Å². The molecule has 0 saturated heterocycles. The number of hydrogen-bond acceptors (Lipinski definition) is 1. The largest absolute Gasteiger partial charge is 0.447 e. The third-order valence-electron chi connectivity index (χ3n) is 0.153. The maximum atomic E-state index is 9.59. The van der Waals surface area contributed by atoms with Gasteiger partial charge in [-0.1, -0.05) is 4.51 Å². The predicted octanol–water partition coefficient (Wildman–Crippen LogP) is 1.06. The molecule has 0 rings (SSSR count). The number of amides is 2. The molecule has 2 amide bonds. The van der Waals surface area contributed by atoms with Crippen molar-refractivity contribution >= 4 is 31.6 Å². The van der Waals surface area contributed by atoms with E-state index in [2.05, 4.69) is 8.04 Å². The summed E-state index contributed by atoms with van der Waals surface area (Å²) in [7, 11) is 0. The minimum absolute atomic E-state index is 0. The van der Waals surface area contributed by atoms with Gasteiger partial charge in [0.1, 0.15) is 0 Å². The Morgan fingerprint density at radius 2 is 2.29 bits per heavy atom. The van der Waals surface area contributed by atoms with Gasteiger partial charge in [0.05, 0.1) is 0 Å². The Hall–Kier alpha value is 0.532. The van der Waals surface area contributed by atoms with Crippen LogP contribution in [0.5, 0.6) is 0 Å². The number of urea groups is 1. The standard InChI is InChI=1S/C2H5IN2O.Re/c1-3-5-2(4)6;/h1H2,(H3,4,5,6);/p-1. The molecule has 0 atom stereocenters. The number of carbonyl (C=O) groups is 1. The van der Waals surface area contributed by atoms with Gasteiger partial charge in [-0.25, -0.2) is 0 Å². The van der Waals surface area contributed by atoms with E-state index in [-0.39, 0.29) is 20.4 Å². The molecule has 0 heterocycles. The fraction of sp³-hybridized carbons (Fsp3) is 0. The van der Waals surface area contributed by atoms with Gasteiger partial charge >= 0.3 is 0 Å². The summed E-state index contributed by atoms with van der Waals surface area (Å²) in [5.74, 6) is 0. The van der Waals surface area contributed by atoms with Crippen LogP contribution in [0.1, 0.15) is 0 Å². The molecule has 7 heavy (non-hydrogen) atoms. The van der Waals surface area contributed by atoms with Gasteiger partial charge in [-0.15, -0.1) is 21.0 Å². The quantitative estimate of drug-likeness (QED) is 0.533. The maximum Gasteiger partial charge on any atom is 0.157 e. The molecular weight excluding hydrogens is 381 g/mol. The molecule has 1 radical (unpaired) electrons. The summed E-state index contributed by atoms with van der Waals surface area (Å²) in [6, 6.07) is -0.724. The molecule has 0 bridgehead atoms. The van der Waals surface area contributed by atoms with Gasteiger partial charge in [0, 0.05) is 20.4 Å². The first-order valence-electron chi connectivity index (χ1n) is 1.16. The first-order valence-corrected chi connectivity index (χ1v) is 3.76. The Kier molecular flexibility index (Phi) is 9.80. The molecule has 0 unspecified atom stereocenters. The Morgan fingerprint density at radius 1 is 1.86 bits per heavy atom. The molecule has 0 spiro atoms. The Morgan fingerprint density at radius 3 is 2.29 bits per heavy atom. The summed E-state index contributed by atoms with van der Waals surface area (Å²) in [5, 5.41) is 0. The van der Waals surface area contributed by atoms with E-state index in [0.717, 1.165) is 0 Å². The zero-order chi connectivity index (χ0) is 4.99. The van der Waals surface area contributed by atoms with E-state index in [1.165, 1.54) is 0 Å². The van der Waals surface area contributed by atoms with Gasteiger partial charge in [0.2, 0.25) is 0 Å². The van der Waals surface area contributed by atoms with E-state index >= 15 is 0 Å². The summed E-state index contributed by atoms with van der Waals surface area (Å²) in [6.45, 7) is 0. The summed E-state index contributed by atoms with van der Waals surface area (Å²) < 4.78 is 5.62. The Balaban J connectivity index is 0. The van der Waals surface area contributed by atoms with Crippen LogP contribution in [-0.2, 0) is 20.4 Å². The van der Waals surface area contributed by atoms with Crippen molar-refractivity contribution in [2.45, 2.75) is 0 Å². The molecule has 5 heteroatoms. The van der Waals surface area contributed by atoms with Gasteiger partial charge < -0.3 is 9.26 Å². The fourth-order valence-corrected chi connectivity index (χ4v) is 0.407. The molecular formula is C2H4IN2ORe-. The summed E-state index contributed by atoms with van der Waals surface area (Å²) >= 11 is -0.470. The van der Waals surface area contributed by atoms with Crippen LogP contribution >= 0.6 is 21.0 Å². The van der Waals surface area contributed by atoms with Gasteiger partial charge in [-0.05, 0) is 0 Å². The number of halogens is 1. The van der Waals surface area contributed by atoms with Crippen LogP contribution in [0.15, 0.2) is 0 Å². The van der Waals surface area contributed by atoms with Crippen LogP contribution in [0.4, 0.5) is 4.79 Å². The van der Waals surface area contributed by atoms with Crippen LogP contribution in [0.3, 0.4) is 0 Å².